The molecule has 0 saturated carbocycles. The molecular weight excluding hydrogens is 242 g/mol. The van der Waals surface area contributed by atoms with Crippen LogP contribution in [0.2, 0.25) is 0 Å². The highest BCUT2D eigenvalue weighted by Gasteiger charge is 2.14. The summed E-state index contributed by atoms with van der Waals surface area (Å²) in [6.07, 6.45) is 0. The molecule has 1 N–H and O–H groups in total. The van der Waals surface area contributed by atoms with Crippen molar-refractivity contribution in [1.82, 2.24) is 14.8 Å². The lowest BCUT2D eigenvalue weighted by molar-refractivity contribution is 0.183. The van der Waals surface area contributed by atoms with Gasteiger partial charge in [0.25, 0.3) is 0 Å². The SMILES string of the molecule is COCCn1c(CO)nnc1-c1ccc(C)cc1C. The van der Waals surface area contributed by atoms with Crippen molar-refractivity contribution in [1.29, 1.82) is 0 Å². The highest BCUT2D eigenvalue weighted by atomic mass is 16.5. The molecule has 0 unspecified atom stereocenters. The molecule has 1 aromatic heterocycles. The fourth-order valence-corrected chi connectivity index (χ4v) is 2.13. The number of hydrogen-bond acceptors (Lipinski definition) is 4. The summed E-state index contributed by atoms with van der Waals surface area (Å²) in [5.74, 6) is 1.34. The third-order valence-electron chi connectivity index (χ3n) is 3.11. The Balaban J connectivity index is 2.46. The van der Waals surface area contributed by atoms with E-state index in [1.165, 1.54) is 5.56 Å². The monoisotopic (exact) mass is 261 g/mol. The Kier molecular flexibility index (Phi) is 4.29. The molecule has 102 valence electrons. The fourth-order valence-electron chi connectivity index (χ4n) is 2.13. The van der Waals surface area contributed by atoms with E-state index in [0.717, 1.165) is 17.0 Å². The van der Waals surface area contributed by atoms with Gasteiger partial charge in [0.2, 0.25) is 0 Å². The van der Waals surface area contributed by atoms with Crippen molar-refractivity contribution in [3.63, 3.8) is 0 Å². The minimum atomic E-state index is -0.123. The van der Waals surface area contributed by atoms with Gasteiger partial charge in [-0.2, -0.15) is 0 Å². The topological polar surface area (TPSA) is 60.2 Å². The van der Waals surface area contributed by atoms with Gasteiger partial charge >= 0.3 is 0 Å². The maximum absolute atomic E-state index is 9.33. The molecule has 2 aromatic rings. The lowest BCUT2D eigenvalue weighted by Gasteiger charge is -2.11. The second-order valence-electron chi connectivity index (χ2n) is 4.56. The van der Waals surface area contributed by atoms with Gasteiger partial charge in [0.15, 0.2) is 11.6 Å². The average Bonchev–Trinajstić information content (AvgIpc) is 2.79. The van der Waals surface area contributed by atoms with E-state index < -0.39 is 0 Å². The maximum atomic E-state index is 9.33. The summed E-state index contributed by atoms with van der Waals surface area (Å²) in [6.45, 7) is 5.18. The lowest BCUT2D eigenvalue weighted by atomic mass is 10.1. The fraction of sp³-hybridized carbons (Fsp3) is 0.429. The van der Waals surface area contributed by atoms with Gasteiger partial charge in [-0.15, -0.1) is 10.2 Å². The molecule has 1 heterocycles. The Morgan fingerprint density at radius 1 is 1.26 bits per heavy atom. The molecule has 2 rings (SSSR count). The van der Waals surface area contributed by atoms with Gasteiger partial charge in [-0.05, 0) is 19.4 Å². The van der Waals surface area contributed by atoms with Crippen molar-refractivity contribution in [2.75, 3.05) is 13.7 Å². The predicted molar refractivity (Wildman–Crippen MR) is 72.7 cm³/mol. The minimum Gasteiger partial charge on any atom is -0.388 e. The van der Waals surface area contributed by atoms with Gasteiger partial charge < -0.3 is 14.4 Å². The van der Waals surface area contributed by atoms with Gasteiger partial charge in [0, 0.05) is 19.2 Å². The van der Waals surface area contributed by atoms with Gasteiger partial charge in [-0.1, -0.05) is 23.8 Å². The first-order valence-corrected chi connectivity index (χ1v) is 6.27. The zero-order chi connectivity index (χ0) is 13.8. The molecule has 0 radical (unpaired) electrons. The van der Waals surface area contributed by atoms with Crippen LogP contribution in [0.1, 0.15) is 17.0 Å². The first-order valence-electron chi connectivity index (χ1n) is 6.27. The largest absolute Gasteiger partial charge is 0.388 e. The number of ether oxygens (including phenoxy) is 1. The average molecular weight is 261 g/mol. The van der Waals surface area contributed by atoms with Gasteiger partial charge in [-0.25, -0.2) is 0 Å². The Labute approximate surface area is 112 Å². The number of nitrogens with zero attached hydrogens (tertiary/aromatic N) is 3. The molecular formula is C14H19N3O2. The van der Waals surface area contributed by atoms with Crippen molar-refractivity contribution in [3.8, 4) is 11.4 Å². The standard InChI is InChI=1S/C14H19N3O2/c1-10-4-5-12(11(2)8-10)14-16-15-13(9-18)17(14)6-7-19-3/h4-5,8,18H,6-7,9H2,1-3H3. The number of aliphatic hydroxyl groups is 1. The van der Waals surface area contributed by atoms with Crippen LogP contribution < -0.4 is 0 Å². The van der Waals surface area contributed by atoms with E-state index in [4.69, 9.17) is 4.74 Å². The number of aromatic nitrogens is 3. The van der Waals surface area contributed by atoms with Crippen LogP contribution in [0.15, 0.2) is 18.2 Å². The maximum Gasteiger partial charge on any atom is 0.164 e. The van der Waals surface area contributed by atoms with Gasteiger partial charge in [0.05, 0.1) is 6.61 Å². The van der Waals surface area contributed by atoms with Gasteiger partial charge in [0.1, 0.15) is 6.61 Å². The number of methoxy groups -OCH3 is 1. The van der Waals surface area contributed by atoms with Crippen molar-refractivity contribution in [3.05, 3.63) is 35.2 Å². The molecule has 0 spiro atoms. The van der Waals surface area contributed by atoms with E-state index in [2.05, 4.69) is 36.2 Å². The van der Waals surface area contributed by atoms with Crippen LogP contribution in [0, 0.1) is 13.8 Å². The molecule has 0 aliphatic carbocycles. The number of aryl methyl sites for hydroxylation is 2. The van der Waals surface area contributed by atoms with E-state index in [1.807, 2.05) is 10.6 Å². The molecule has 0 bridgehead atoms. The van der Waals surface area contributed by atoms with Crippen molar-refractivity contribution < 1.29 is 9.84 Å². The Hall–Kier alpha value is -1.72. The molecule has 0 aliphatic heterocycles. The van der Waals surface area contributed by atoms with E-state index in [-0.39, 0.29) is 6.61 Å². The molecule has 19 heavy (non-hydrogen) atoms. The van der Waals surface area contributed by atoms with Crippen LogP contribution in [-0.4, -0.2) is 33.6 Å². The van der Waals surface area contributed by atoms with Crippen LogP contribution in [-0.2, 0) is 17.9 Å². The zero-order valence-electron chi connectivity index (χ0n) is 11.6. The summed E-state index contributed by atoms with van der Waals surface area (Å²) in [7, 11) is 1.65. The zero-order valence-corrected chi connectivity index (χ0v) is 11.6. The Bertz CT molecular complexity index is 564. The summed E-state index contributed by atoms with van der Waals surface area (Å²) in [6, 6.07) is 6.21. The van der Waals surface area contributed by atoms with Crippen molar-refractivity contribution in [2.24, 2.45) is 0 Å². The molecule has 0 atom stereocenters. The number of hydrogen-bond donors (Lipinski definition) is 1. The third-order valence-corrected chi connectivity index (χ3v) is 3.11. The number of aliphatic hydroxyl groups excluding tert-OH is 1. The van der Waals surface area contributed by atoms with Crippen molar-refractivity contribution >= 4 is 0 Å². The summed E-state index contributed by atoms with van der Waals surface area (Å²) < 4.78 is 7.00. The Morgan fingerprint density at radius 2 is 2.05 bits per heavy atom. The molecule has 5 nitrogen and oxygen atoms in total. The summed E-state index contributed by atoms with van der Waals surface area (Å²) in [5.41, 5.74) is 3.40. The van der Waals surface area contributed by atoms with Gasteiger partial charge in [-0.3, -0.25) is 0 Å². The lowest BCUT2D eigenvalue weighted by Crippen LogP contribution is -2.10. The summed E-state index contributed by atoms with van der Waals surface area (Å²) in [4.78, 5) is 0. The van der Waals surface area contributed by atoms with E-state index in [1.54, 1.807) is 7.11 Å². The molecule has 0 saturated heterocycles. The minimum absolute atomic E-state index is 0.123. The van der Waals surface area contributed by atoms with Crippen LogP contribution in [0.4, 0.5) is 0 Å². The molecule has 0 aliphatic rings. The first-order chi connectivity index (χ1) is 9.17. The molecule has 0 fully saturated rings. The van der Waals surface area contributed by atoms with Crippen molar-refractivity contribution in [2.45, 2.75) is 27.0 Å². The highest BCUT2D eigenvalue weighted by Crippen LogP contribution is 2.23. The molecule has 1 aromatic carbocycles. The number of rotatable bonds is 5. The van der Waals surface area contributed by atoms with E-state index in [9.17, 15) is 5.11 Å². The second kappa shape index (κ2) is 5.95. The first kappa shape index (κ1) is 13.7. The van der Waals surface area contributed by atoms with Crippen LogP contribution in [0.5, 0.6) is 0 Å². The summed E-state index contributed by atoms with van der Waals surface area (Å²) in [5, 5.41) is 17.6. The summed E-state index contributed by atoms with van der Waals surface area (Å²) >= 11 is 0. The van der Waals surface area contributed by atoms with Crippen LogP contribution in [0.3, 0.4) is 0 Å². The second-order valence-corrected chi connectivity index (χ2v) is 4.56. The smallest absolute Gasteiger partial charge is 0.164 e. The third kappa shape index (κ3) is 2.83. The van der Waals surface area contributed by atoms with E-state index >= 15 is 0 Å². The van der Waals surface area contributed by atoms with Crippen LogP contribution >= 0.6 is 0 Å². The molecule has 5 heteroatoms. The van der Waals surface area contributed by atoms with Crippen LogP contribution in [0.25, 0.3) is 11.4 Å². The molecule has 0 amide bonds. The Morgan fingerprint density at radius 3 is 2.68 bits per heavy atom. The normalized spacial score (nSPS) is 10.9. The highest BCUT2D eigenvalue weighted by molar-refractivity contribution is 5.61. The predicted octanol–water partition coefficient (Wildman–Crippen LogP) is 1.70. The van der Waals surface area contributed by atoms with E-state index in [0.29, 0.717) is 19.0 Å². The number of benzene rings is 1. The quantitative estimate of drug-likeness (QED) is 0.890.